The fourth-order valence-electron chi connectivity index (χ4n) is 2.48. The first kappa shape index (κ1) is 11.7. The monoisotopic (exact) mass is 260 g/mol. The number of nitrogens with zero attached hydrogens (tertiary/aromatic N) is 1. The lowest BCUT2D eigenvalue weighted by molar-refractivity contribution is 0.267. The van der Waals surface area contributed by atoms with Crippen molar-refractivity contribution in [3.63, 3.8) is 0 Å². The van der Waals surface area contributed by atoms with Crippen LogP contribution < -0.4 is 10.1 Å². The van der Waals surface area contributed by atoms with E-state index in [4.69, 9.17) is 4.74 Å². The number of para-hydroxylation sites is 1. The third kappa shape index (κ3) is 2.02. The van der Waals surface area contributed by atoms with Crippen LogP contribution in [-0.4, -0.2) is 25.2 Å². The Kier molecular flexibility index (Phi) is 3.30. The summed E-state index contributed by atoms with van der Waals surface area (Å²) in [6.07, 6.45) is 2.92. The summed E-state index contributed by atoms with van der Waals surface area (Å²) < 4.78 is 5.89. The van der Waals surface area contributed by atoms with E-state index in [1.165, 1.54) is 5.56 Å². The molecule has 0 amide bonds. The molecule has 0 fully saturated rings. The van der Waals surface area contributed by atoms with E-state index in [0.717, 1.165) is 35.9 Å². The molecule has 1 atom stereocenters. The van der Waals surface area contributed by atoms with Gasteiger partial charge in [-0.05, 0) is 25.1 Å². The Morgan fingerprint density at radius 3 is 3.22 bits per heavy atom. The second kappa shape index (κ2) is 5.08. The molecule has 1 aromatic heterocycles. The first-order valence-electron chi connectivity index (χ1n) is 6.20. The van der Waals surface area contributed by atoms with Gasteiger partial charge in [0.15, 0.2) is 0 Å². The molecule has 0 saturated heterocycles. The molecule has 2 aromatic rings. The fourth-order valence-corrected chi connectivity index (χ4v) is 3.14. The lowest BCUT2D eigenvalue weighted by Crippen LogP contribution is -2.23. The number of hydrogen-bond donors (Lipinski definition) is 1. The molecule has 1 aliphatic rings. The van der Waals surface area contributed by atoms with E-state index in [1.807, 2.05) is 18.6 Å². The van der Waals surface area contributed by atoms with E-state index in [0.29, 0.717) is 5.92 Å². The minimum absolute atomic E-state index is 0.540. The van der Waals surface area contributed by atoms with Crippen LogP contribution in [0.4, 0.5) is 0 Å². The molecule has 4 heteroatoms. The molecule has 0 unspecified atom stereocenters. The Hall–Kier alpha value is -1.39. The summed E-state index contributed by atoms with van der Waals surface area (Å²) in [7, 11) is 2.00. The summed E-state index contributed by atoms with van der Waals surface area (Å²) in [6.45, 7) is 1.79. The lowest BCUT2D eigenvalue weighted by Gasteiger charge is -2.27. The van der Waals surface area contributed by atoms with Crippen LogP contribution in [0.1, 0.15) is 17.9 Å². The highest BCUT2D eigenvalue weighted by Crippen LogP contribution is 2.41. The molecule has 0 radical (unpaired) electrons. The van der Waals surface area contributed by atoms with Crippen molar-refractivity contribution in [1.29, 1.82) is 0 Å². The van der Waals surface area contributed by atoms with Crippen LogP contribution >= 0.6 is 11.3 Å². The van der Waals surface area contributed by atoms with Gasteiger partial charge in [-0.3, -0.25) is 0 Å². The van der Waals surface area contributed by atoms with Crippen LogP contribution in [0.3, 0.4) is 0 Å². The minimum atomic E-state index is 0.540. The number of fused-ring (bicyclic) bond motifs is 1. The first-order chi connectivity index (χ1) is 8.90. The van der Waals surface area contributed by atoms with Gasteiger partial charge in [0, 0.05) is 24.0 Å². The van der Waals surface area contributed by atoms with Gasteiger partial charge in [-0.25, -0.2) is 4.98 Å². The van der Waals surface area contributed by atoms with Gasteiger partial charge in [-0.15, -0.1) is 11.3 Å². The normalized spacial score (nSPS) is 18.2. The highest BCUT2D eigenvalue weighted by Gasteiger charge is 2.24. The summed E-state index contributed by atoms with van der Waals surface area (Å²) in [4.78, 5) is 4.39. The minimum Gasteiger partial charge on any atom is -0.493 e. The molecule has 0 saturated carbocycles. The average Bonchev–Trinajstić information content (AvgIpc) is 2.93. The average molecular weight is 260 g/mol. The second-order valence-corrected chi connectivity index (χ2v) is 5.35. The molecular formula is C14H16N2OS. The van der Waals surface area contributed by atoms with E-state index < -0.39 is 0 Å². The Morgan fingerprint density at radius 2 is 2.44 bits per heavy atom. The van der Waals surface area contributed by atoms with E-state index in [2.05, 4.69) is 28.5 Å². The van der Waals surface area contributed by atoms with Gasteiger partial charge in [0.2, 0.25) is 0 Å². The van der Waals surface area contributed by atoms with Gasteiger partial charge in [-0.1, -0.05) is 12.1 Å². The molecule has 3 rings (SSSR count). The van der Waals surface area contributed by atoms with Crippen molar-refractivity contribution in [2.24, 2.45) is 0 Å². The van der Waals surface area contributed by atoms with Crippen molar-refractivity contribution < 1.29 is 4.74 Å². The molecule has 3 nitrogen and oxygen atoms in total. The maximum absolute atomic E-state index is 5.89. The summed E-state index contributed by atoms with van der Waals surface area (Å²) in [5.74, 6) is 1.57. The SMILES string of the molecule is CNC[C@@H]1CCOc2c(-c3nccs3)cccc21. The van der Waals surface area contributed by atoms with Gasteiger partial charge in [0.05, 0.1) is 12.2 Å². The van der Waals surface area contributed by atoms with E-state index >= 15 is 0 Å². The van der Waals surface area contributed by atoms with Crippen LogP contribution in [0.15, 0.2) is 29.8 Å². The van der Waals surface area contributed by atoms with Crippen molar-refractivity contribution in [1.82, 2.24) is 10.3 Å². The quantitative estimate of drug-likeness (QED) is 0.921. The highest BCUT2D eigenvalue weighted by atomic mass is 32.1. The van der Waals surface area contributed by atoms with Crippen LogP contribution in [0, 0.1) is 0 Å². The predicted octanol–water partition coefficient (Wildman–Crippen LogP) is 2.90. The van der Waals surface area contributed by atoms with Gasteiger partial charge >= 0.3 is 0 Å². The van der Waals surface area contributed by atoms with Crippen LogP contribution in [0.5, 0.6) is 5.75 Å². The van der Waals surface area contributed by atoms with Crippen LogP contribution in [-0.2, 0) is 0 Å². The Bertz CT molecular complexity index is 525. The van der Waals surface area contributed by atoms with Crippen molar-refractivity contribution in [2.45, 2.75) is 12.3 Å². The number of aromatic nitrogens is 1. The summed E-state index contributed by atoms with van der Waals surface area (Å²) >= 11 is 1.66. The standard InChI is InChI=1S/C14H16N2OS/c1-15-9-10-5-7-17-13-11(10)3-2-4-12(13)14-16-6-8-18-14/h2-4,6,8,10,15H,5,7,9H2,1H3/t10-/m0/s1. The third-order valence-electron chi connectivity index (χ3n) is 3.31. The smallest absolute Gasteiger partial charge is 0.133 e. The van der Waals surface area contributed by atoms with Gasteiger partial charge in [0.1, 0.15) is 10.8 Å². The van der Waals surface area contributed by atoms with Crippen LogP contribution in [0.2, 0.25) is 0 Å². The van der Waals surface area contributed by atoms with Gasteiger partial charge < -0.3 is 10.1 Å². The summed E-state index contributed by atoms with van der Waals surface area (Å²) in [5.41, 5.74) is 2.44. The Labute approximate surface area is 111 Å². The van der Waals surface area contributed by atoms with Crippen molar-refractivity contribution >= 4 is 11.3 Å². The fraction of sp³-hybridized carbons (Fsp3) is 0.357. The molecule has 0 bridgehead atoms. The topological polar surface area (TPSA) is 34.1 Å². The van der Waals surface area contributed by atoms with Gasteiger partial charge in [0.25, 0.3) is 0 Å². The number of hydrogen-bond acceptors (Lipinski definition) is 4. The van der Waals surface area contributed by atoms with Crippen molar-refractivity contribution in [3.8, 4) is 16.3 Å². The first-order valence-corrected chi connectivity index (χ1v) is 7.08. The molecular weight excluding hydrogens is 244 g/mol. The van der Waals surface area contributed by atoms with E-state index in [1.54, 1.807) is 11.3 Å². The van der Waals surface area contributed by atoms with E-state index in [-0.39, 0.29) is 0 Å². The molecule has 1 aliphatic heterocycles. The zero-order valence-corrected chi connectivity index (χ0v) is 11.2. The summed E-state index contributed by atoms with van der Waals surface area (Å²) in [5, 5.41) is 6.31. The zero-order chi connectivity index (χ0) is 12.4. The second-order valence-electron chi connectivity index (χ2n) is 4.45. The van der Waals surface area contributed by atoms with Crippen LogP contribution in [0.25, 0.3) is 10.6 Å². The molecule has 2 heterocycles. The molecule has 18 heavy (non-hydrogen) atoms. The largest absolute Gasteiger partial charge is 0.493 e. The van der Waals surface area contributed by atoms with Gasteiger partial charge in [-0.2, -0.15) is 0 Å². The maximum atomic E-state index is 5.89. The maximum Gasteiger partial charge on any atom is 0.133 e. The van der Waals surface area contributed by atoms with Crippen molar-refractivity contribution in [3.05, 3.63) is 35.3 Å². The molecule has 1 N–H and O–H groups in total. The number of rotatable bonds is 3. The van der Waals surface area contributed by atoms with E-state index in [9.17, 15) is 0 Å². The number of thiazole rings is 1. The molecule has 1 aromatic carbocycles. The zero-order valence-electron chi connectivity index (χ0n) is 10.3. The van der Waals surface area contributed by atoms with Crippen molar-refractivity contribution in [2.75, 3.05) is 20.2 Å². The summed E-state index contributed by atoms with van der Waals surface area (Å²) in [6, 6.07) is 6.37. The molecule has 0 aliphatic carbocycles. The molecule has 0 spiro atoms. The number of nitrogens with one attached hydrogen (secondary N) is 1. The number of likely N-dealkylation sites (N-methyl/N-ethyl adjacent to an activating group) is 1. The Balaban J connectivity index is 2.06. The Morgan fingerprint density at radius 1 is 1.50 bits per heavy atom. The predicted molar refractivity (Wildman–Crippen MR) is 74.3 cm³/mol. The number of benzene rings is 1. The molecule has 94 valence electrons. The highest BCUT2D eigenvalue weighted by molar-refractivity contribution is 7.13. The lowest BCUT2D eigenvalue weighted by atomic mass is 9.91. The number of ether oxygens (including phenoxy) is 1. The third-order valence-corrected chi connectivity index (χ3v) is 4.12.